The molecule has 0 saturated heterocycles. The van der Waals surface area contributed by atoms with Crippen molar-refractivity contribution in [2.24, 2.45) is 0 Å². The SMILES string of the molecule is COc1cc2c(cc1O)C(Cc1cc(OC)c(OC)cc1Oc1cc3c(cc1OC)-c1c(O)c(OC)cc4c1C(C3)N(C)CC4)N(C)CC2. The molecule has 3 aliphatic rings. The van der Waals surface area contributed by atoms with E-state index in [9.17, 15) is 10.2 Å². The summed E-state index contributed by atoms with van der Waals surface area (Å²) in [5.41, 5.74) is 8.20. The molecule has 0 fully saturated rings. The minimum Gasteiger partial charge on any atom is -0.504 e. The van der Waals surface area contributed by atoms with Crippen LogP contribution in [0.1, 0.15) is 45.5 Å². The fourth-order valence-corrected chi connectivity index (χ4v) is 7.87. The van der Waals surface area contributed by atoms with E-state index in [2.05, 4.69) is 23.9 Å². The number of likely N-dealkylation sites (N-methyl/N-ethyl adjacent to an activating group) is 2. The van der Waals surface area contributed by atoms with E-state index in [1.165, 1.54) is 5.56 Å². The van der Waals surface area contributed by atoms with E-state index in [0.29, 0.717) is 46.7 Å². The molecule has 0 radical (unpaired) electrons. The fraction of sp³-hybridized carbons (Fsp3) is 0.385. The first-order valence-electron chi connectivity index (χ1n) is 16.6. The minimum atomic E-state index is -0.0445. The summed E-state index contributed by atoms with van der Waals surface area (Å²) in [6.45, 7) is 1.77. The van der Waals surface area contributed by atoms with Gasteiger partial charge in [-0.05, 0) is 110 Å². The predicted octanol–water partition coefficient (Wildman–Crippen LogP) is 6.46. The second-order valence-electron chi connectivity index (χ2n) is 13.1. The Labute approximate surface area is 287 Å². The number of rotatable bonds is 9. The van der Waals surface area contributed by atoms with Crippen LogP contribution in [0.5, 0.6) is 51.7 Å². The first-order valence-corrected chi connectivity index (χ1v) is 16.6. The highest BCUT2D eigenvalue weighted by Crippen LogP contribution is 2.54. The quantitative estimate of drug-likeness (QED) is 0.207. The number of fused-ring (bicyclic) bond motifs is 3. The van der Waals surface area contributed by atoms with Crippen LogP contribution in [0, 0.1) is 0 Å². The van der Waals surface area contributed by atoms with Crippen LogP contribution in [0.25, 0.3) is 11.1 Å². The highest BCUT2D eigenvalue weighted by Gasteiger charge is 2.37. The summed E-state index contributed by atoms with van der Waals surface area (Å²) in [6.07, 6.45) is 3.07. The number of phenolic OH excluding ortho intramolecular Hbond substituents is 2. The zero-order valence-electron chi connectivity index (χ0n) is 29.2. The molecular weight excluding hydrogens is 624 g/mol. The number of methoxy groups -OCH3 is 5. The zero-order chi connectivity index (χ0) is 34.6. The van der Waals surface area contributed by atoms with E-state index < -0.39 is 0 Å². The maximum atomic E-state index is 11.5. The molecular formula is C39H44N2O8. The van der Waals surface area contributed by atoms with Crippen molar-refractivity contribution in [2.45, 2.75) is 37.8 Å². The van der Waals surface area contributed by atoms with Gasteiger partial charge in [-0.2, -0.15) is 0 Å². The zero-order valence-corrected chi connectivity index (χ0v) is 29.2. The lowest BCUT2D eigenvalue weighted by molar-refractivity contribution is 0.226. The highest BCUT2D eigenvalue weighted by atomic mass is 16.5. The van der Waals surface area contributed by atoms with E-state index in [-0.39, 0.29) is 23.6 Å². The summed E-state index contributed by atoms with van der Waals surface area (Å²) < 4.78 is 35.2. The summed E-state index contributed by atoms with van der Waals surface area (Å²) in [7, 11) is 12.2. The molecule has 10 nitrogen and oxygen atoms in total. The van der Waals surface area contributed by atoms with E-state index in [1.54, 1.807) is 35.5 Å². The Morgan fingerprint density at radius 3 is 1.96 bits per heavy atom. The molecule has 2 atom stereocenters. The number of hydrogen-bond donors (Lipinski definition) is 2. The van der Waals surface area contributed by atoms with Gasteiger partial charge in [-0.1, -0.05) is 0 Å². The third-order valence-corrected chi connectivity index (χ3v) is 10.5. The van der Waals surface area contributed by atoms with Gasteiger partial charge in [0.05, 0.1) is 35.5 Å². The van der Waals surface area contributed by atoms with Gasteiger partial charge in [0.1, 0.15) is 5.75 Å². The molecule has 2 unspecified atom stereocenters. The standard InChI is InChI=1S/C39H44N2O8/c1-40-10-8-21-14-31(44-3)29(42)18-25(21)27(40)13-24-17-32(45-4)34(47-6)20-30(24)49-35-16-23-12-28-37-22(9-11-41(28)2)15-36(48-7)39(43)38(37)26(23)19-33(35)46-5/h14-20,27-28,42-43H,8-13H2,1-7H3. The second-order valence-corrected chi connectivity index (χ2v) is 13.1. The van der Waals surface area contributed by atoms with Gasteiger partial charge in [-0.15, -0.1) is 0 Å². The summed E-state index contributed by atoms with van der Waals surface area (Å²) in [6, 6.07) is 13.6. The lowest BCUT2D eigenvalue weighted by atomic mass is 9.76. The maximum Gasteiger partial charge on any atom is 0.169 e. The third kappa shape index (κ3) is 5.53. The Morgan fingerprint density at radius 2 is 1.24 bits per heavy atom. The summed E-state index contributed by atoms with van der Waals surface area (Å²) in [4.78, 5) is 4.64. The Balaban J connectivity index is 1.33. The Hall–Kier alpha value is -4.80. The molecule has 2 aliphatic heterocycles. The molecule has 1 aliphatic carbocycles. The van der Waals surface area contributed by atoms with Crippen LogP contribution in [0.2, 0.25) is 0 Å². The van der Waals surface area contributed by atoms with Gasteiger partial charge in [0.15, 0.2) is 46.0 Å². The summed E-state index contributed by atoms with van der Waals surface area (Å²) in [5.74, 6) is 4.03. The number of benzene rings is 4. The monoisotopic (exact) mass is 668 g/mol. The van der Waals surface area contributed by atoms with E-state index in [1.807, 2.05) is 42.5 Å². The second kappa shape index (κ2) is 12.9. The molecule has 10 heteroatoms. The average molecular weight is 669 g/mol. The molecule has 4 aromatic carbocycles. The Morgan fingerprint density at radius 1 is 0.633 bits per heavy atom. The van der Waals surface area contributed by atoms with Crippen molar-refractivity contribution in [3.8, 4) is 62.9 Å². The average Bonchev–Trinajstić information content (AvgIpc) is 3.11. The van der Waals surface area contributed by atoms with Crippen molar-refractivity contribution in [3.05, 3.63) is 75.8 Å². The minimum absolute atomic E-state index is 0.0445. The van der Waals surface area contributed by atoms with Crippen molar-refractivity contribution in [3.63, 3.8) is 0 Å². The molecule has 49 heavy (non-hydrogen) atoms. The first-order chi connectivity index (χ1) is 23.7. The maximum absolute atomic E-state index is 11.5. The highest BCUT2D eigenvalue weighted by molar-refractivity contribution is 5.84. The molecule has 0 saturated carbocycles. The van der Waals surface area contributed by atoms with Crippen LogP contribution in [-0.2, 0) is 25.7 Å². The fourth-order valence-electron chi connectivity index (χ4n) is 7.87. The number of ether oxygens (including phenoxy) is 6. The van der Waals surface area contributed by atoms with E-state index in [0.717, 1.165) is 71.3 Å². The van der Waals surface area contributed by atoms with Crippen LogP contribution in [0.3, 0.4) is 0 Å². The molecule has 0 spiro atoms. The van der Waals surface area contributed by atoms with Crippen molar-refractivity contribution in [1.29, 1.82) is 0 Å². The third-order valence-electron chi connectivity index (χ3n) is 10.5. The van der Waals surface area contributed by atoms with Gasteiger partial charge in [0.25, 0.3) is 0 Å². The van der Waals surface area contributed by atoms with Crippen LogP contribution >= 0.6 is 0 Å². The molecule has 0 bridgehead atoms. The predicted molar refractivity (Wildman–Crippen MR) is 186 cm³/mol. The van der Waals surface area contributed by atoms with Gasteiger partial charge < -0.3 is 38.6 Å². The number of aromatic hydroxyl groups is 2. The molecule has 0 aromatic heterocycles. The van der Waals surface area contributed by atoms with Gasteiger partial charge in [0, 0.05) is 42.4 Å². The van der Waals surface area contributed by atoms with Crippen LogP contribution in [0.4, 0.5) is 0 Å². The van der Waals surface area contributed by atoms with Crippen LogP contribution in [-0.4, -0.2) is 82.7 Å². The molecule has 2 heterocycles. The number of nitrogens with zero attached hydrogens (tertiary/aromatic N) is 2. The van der Waals surface area contributed by atoms with Crippen molar-refractivity contribution in [1.82, 2.24) is 9.80 Å². The number of hydrogen-bond acceptors (Lipinski definition) is 10. The normalized spacial score (nSPS) is 18.2. The first kappa shape index (κ1) is 32.7. The largest absolute Gasteiger partial charge is 0.504 e. The lowest BCUT2D eigenvalue weighted by Gasteiger charge is -2.40. The van der Waals surface area contributed by atoms with Gasteiger partial charge in [0.2, 0.25) is 0 Å². The van der Waals surface area contributed by atoms with Crippen molar-refractivity contribution >= 4 is 0 Å². The molecule has 2 N–H and O–H groups in total. The molecule has 7 rings (SSSR count). The van der Waals surface area contributed by atoms with E-state index in [4.69, 9.17) is 28.4 Å². The summed E-state index contributed by atoms with van der Waals surface area (Å²) in [5, 5.41) is 22.2. The molecule has 4 aromatic rings. The van der Waals surface area contributed by atoms with Crippen molar-refractivity contribution < 1.29 is 38.6 Å². The smallest absolute Gasteiger partial charge is 0.169 e. The van der Waals surface area contributed by atoms with Crippen molar-refractivity contribution in [2.75, 3.05) is 62.7 Å². The van der Waals surface area contributed by atoms with Gasteiger partial charge in [-0.3, -0.25) is 9.80 Å². The Bertz CT molecular complexity index is 1920. The number of phenols is 2. The van der Waals surface area contributed by atoms with Gasteiger partial charge in [-0.25, -0.2) is 0 Å². The topological polar surface area (TPSA) is 102 Å². The van der Waals surface area contributed by atoms with E-state index >= 15 is 0 Å². The Kier molecular flexibility index (Phi) is 8.62. The molecule has 258 valence electrons. The van der Waals surface area contributed by atoms with Crippen LogP contribution < -0.4 is 28.4 Å². The van der Waals surface area contributed by atoms with Crippen LogP contribution in [0.15, 0.2) is 42.5 Å². The molecule has 0 amide bonds. The lowest BCUT2D eigenvalue weighted by Crippen LogP contribution is -2.35. The van der Waals surface area contributed by atoms with Gasteiger partial charge >= 0.3 is 0 Å². The summed E-state index contributed by atoms with van der Waals surface area (Å²) >= 11 is 0.